The third kappa shape index (κ3) is 4.57. The Labute approximate surface area is 110 Å². The van der Waals surface area contributed by atoms with Crippen molar-refractivity contribution in [3.05, 3.63) is 29.8 Å². The molecule has 1 aromatic carbocycles. The number of hydrogen-bond donors (Lipinski definition) is 0. The van der Waals surface area contributed by atoms with Crippen LogP contribution in [0.2, 0.25) is 0 Å². The molecule has 0 aliphatic carbocycles. The number of rotatable bonds is 7. The Bertz CT molecular complexity index is 330. The molecule has 96 valence electrons. The maximum atomic E-state index is 5.71. The summed E-state index contributed by atoms with van der Waals surface area (Å²) in [7, 11) is 3.87. The van der Waals surface area contributed by atoms with Crippen LogP contribution in [0.3, 0.4) is 0 Å². The van der Waals surface area contributed by atoms with E-state index in [2.05, 4.69) is 31.0 Å². The molecule has 0 aliphatic rings. The Balaban J connectivity index is 2.57. The molecule has 0 bridgehead atoms. The van der Waals surface area contributed by atoms with Crippen molar-refractivity contribution < 1.29 is 4.74 Å². The molecule has 2 nitrogen and oxygen atoms in total. The number of benzene rings is 1. The van der Waals surface area contributed by atoms with E-state index >= 15 is 0 Å². The van der Waals surface area contributed by atoms with Crippen LogP contribution in [-0.4, -0.2) is 37.5 Å². The smallest absolute Gasteiger partial charge is 0.122 e. The van der Waals surface area contributed by atoms with Crippen molar-refractivity contribution in [2.24, 2.45) is 0 Å². The van der Waals surface area contributed by atoms with Crippen molar-refractivity contribution in [1.82, 2.24) is 4.90 Å². The van der Waals surface area contributed by atoms with Gasteiger partial charge in [0.25, 0.3) is 0 Å². The highest BCUT2D eigenvalue weighted by atomic mass is 35.5. The number of nitrogens with zero attached hydrogens (tertiary/aromatic N) is 1. The van der Waals surface area contributed by atoms with Gasteiger partial charge in [0.05, 0.1) is 7.11 Å². The zero-order chi connectivity index (χ0) is 12.7. The third-order valence-electron chi connectivity index (χ3n) is 3.10. The molecule has 0 N–H and O–H groups in total. The predicted molar refractivity (Wildman–Crippen MR) is 74.1 cm³/mol. The van der Waals surface area contributed by atoms with Crippen LogP contribution in [0.1, 0.15) is 18.9 Å². The average Bonchev–Trinajstić information content (AvgIpc) is 2.36. The molecule has 1 atom stereocenters. The van der Waals surface area contributed by atoms with Crippen molar-refractivity contribution in [1.29, 1.82) is 0 Å². The van der Waals surface area contributed by atoms with E-state index in [9.17, 15) is 0 Å². The number of ether oxygens (including phenoxy) is 1. The molecule has 0 spiro atoms. The van der Waals surface area contributed by atoms with Gasteiger partial charge in [0.15, 0.2) is 0 Å². The van der Waals surface area contributed by atoms with Gasteiger partial charge in [-0.15, -0.1) is 11.6 Å². The first-order valence-electron chi connectivity index (χ1n) is 6.07. The number of halogens is 1. The van der Waals surface area contributed by atoms with Crippen molar-refractivity contribution in [2.45, 2.75) is 25.8 Å². The third-order valence-corrected chi connectivity index (χ3v) is 3.37. The molecule has 0 saturated carbocycles. The first-order chi connectivity index (χ1) is 8.19. The Morgan fingerprint density at radius 2 is 2.06 bits per heavy atom. The fourth-order valence-corrected chi connectivity index (χ4v) is 1.99. The minimum atomic E-state index is 0.495. The van der Waals surface area contributed by atoms with Crippen LogP contribution in [0.25, 0.3) is 0 Å². The zero-order valence-electron chi connectivity index (χ0n) is 10.9. The Hall–Kier alpha value is -0.730. The summed E-state index contributed by atoms with van der Waals surface area (Å²) in [6.45, 7) is 3.28. The molecule has 0 saturated heterocycles. The summed E-state index contributed by atoms with van der Waals surface area (Å²) in [5.41, 5.74) is 1.26. The zero-order valence-corrected chi connectivity index (χ0v) is 11.7. The Morgan fingerprint density at radius 3 is 2.71 bits per heavy atom. The second-order valence-electron chi connectivity index (χ2n) is 4.39. The Morgan fingerprint density at radius 1 is 1.35 bits per heavy atom. The Kier molecular flexibility index (Phi) is 6.38. The van der Waals surface area contributed by atoms with E-state index in [1.54, 1.807) is 7.11 Å². The van der Waals surface area contributed by atoms with E-state index in [0.717, 1.165) is 31.0 Å². The maximum Gasteiger partial charge on any atom is 0.122 e. The van der Waals surface area contributed by atoms with Crippen LogP contribution in [0, 0.1) is 0 Å². The molecular weight excluding hydrogens is 234 g/mol. The molecule has 3 heteroatoms. The predicted octanol–water partition coefficient (Wildman–Crippen LogP) is 3.19. The summed E-state index contributed by atoms with van der Waals surface area (Å²) in [5, 5.41) is 0. The summed E-state index contributed by atoms with van der Waals surface area (Å²) in [6, 6.07) is 8.70. The summed E-state index contributed by atoms with van der Waals surface area (Å²) in [6.07, 6.45) is 2.04. The van der Waals surface area contributed by atoms with Crippen LogP contribution in [0.15, 0.2) is 24.3 Å². The lowest BCUT2D eigenvalue weighted by atomic mass is 10.1. The minimum absolute atomic E-state index is 0.495. The second kappa shape index (κ2) is 7.57. The average molecular weight is 256 g/mol. The van der Waals surface area contributed by atoms with E-state index in [4.69, 9.17) is 16.3 Å². The number of methoxy groups -OCH3 is 1. The second-order valence-corrected chi connectivity index (χ2v) is 4.77. The number of alkyl halides is 1. The maximum absolute atomic E-state index is 5.71. The summed E-state index contributed by atoms with van der Waals surface area (Å²) < 4.78 is 5.37. The summed E-state index contributed by atoms with van der Waals surface area (Å²) in [5.74, 6) is 1.70. The largest absolute Gasteiger partial charge is 0.496 e. The van der Waals surface area contributed by atoms with Gasteiger partial charge < -0.3 is 9.64 Å². The fourth-order valence-electron chi connectivity index (χ4n) is 1.88. The molecule has 0 fully saturated rings. The van der Waals surface area contributed by atoms with Crippen LogP contribution < -0.4 is 4.74 Å². The van der Waals surface area contributed by atoms with Crippen molar-refractivity contribution >= 4 is 11.6 Å². The van der Waals surface area contributed by atoms with Gasteiger partial charge in [0.1, 0.15) is 5.75 Å². The number of para-hydroxylation sites is 1. The standard InChI is InChI=1S/C14H22ClNO/c1-12(16(2)10-6-9-15)11-13-7-4-5-8-14(13)17-3/h4-5,7-8,12H,6,9-11H2,1-3H3. The van der Waals surface area contributed by atoms with Gasteiger partial charge in [0.2, 0.25) is 0 Å². The molecule has 0 aromatic heterocycles. The SMILES string of the molecule is COc1ccccc1CC(C)N(C)CCCCl. The van der Waals surface area contributed by atoms with Crippen LogP contribution in [-0.2, 0) is 6.42 Å². The summed E-state index contributed by atoms with van der Waals surface area (Å²) in [4.78, 5) is 2.34. The van der Waals surface area contributed by atoms with Gasteiger partial charge in [-0.2, -0.15) is 0 Å². The number of likely N-dealkylation sites (N-methyl/N-ethyl adjacent to an activating group) is 1. The highest BCUT2D eigenvalue weighted by Gasteiger charge is 2.11. The molecular formula is C14H22ClNO. The monoisotopic (exact) mass is 255 g/mol. The summed E-state index contributed by atoms with van der Waals surface area (Å²) >= 11 is 5.71. The molecule has 1 rings (SSSR count). The molecule has 17 heavy (non-hydrogen) atoms. The van der Waals surface area contributed by atoms with Crippen molar-refractivity contribution in [3.8, 4) is 5.75 Å². The lowest BCUT2D eigenvalue weighted by Crippen LogP contribution is -2.32. The van der Waals surface area contributed by atoms with E-state index < -0.39 is 0 Å². The van der Waals surface area contributed by atoms with E-state index in [-0.39, 0.29) is 0 Å². The van der Waals surface area contributed by atoms with Crippen molar-refractivity contribution in [3.63, 3.8) is 0 Å². The van der Waals surface area contributed by atoms with E-state index in [1.807, 2.05) is 12.1 Å². The number of hydrogen-bond acceptors (Lipinski definition) is 2. The molecule has 0 amide bonds. The van der Waals surface area contributed by atoms with Crippen LogP contribution >= 0.6 is 11.6 Å². The quantitative estimate of drug-likeness (QED) is 0.694. The lowest BCUT2D eigenvalue weighted by Gasteiger charge is -2.25. The highest BCUT2D eigenvalue weighted by Crippen LogP contribution is 2.20. The molecule has 1 aromatic rings. The van der Waals surface area contributed by atoms with Gasteiger partial charge in [-0.25, -0.2) is 0 Å². The minimum Gasteiger partial charge on any atom is -0.496 e. The molecule has 0 radical (unpaired) electrons. The lowest BCUT2D eigenvalue weighted by molar-refractivity contribution is 0.255. The van der Waals surface area contributed by atoms with Crippen LogP contribution in [0.4, 0.5) is 0 Å². The van der Waals surface area contributed by atoms with Gasteiger partial charge in [0, 0.05) is 11.9 Å². The van der Waals surface area contributed by atoms with Crippen LogP contribution in [0.5, 0.6) is 5.75 Å². The molecule has 1 unspecified atom stereocenters. The van der Waals surface area contributed by atoms with Gasteiger partial charge in [-0.3, -0.25) is 0 Å². The van der Waals surface area contributed by atoms with Gasteiger partial charge in [-0.05, 0) is 45.0 Å². The highest BCUT2D eigenvalue weighted by molar-refractivity contribution is 6.17. The molecule has 0 aliphatic heterocycles. The van der Waals surface area contributed by atoms with E-state index in [1.165, 1.54) is 5.56 Å². The fraction of sp³-hybridized carbons (Fsp3) is 0.571. The van der Waals surface area contributed by atoms with Crippen molar-refractivity contribution in [2.75, 3.05) is 26.6 Å². The topological polar surface area (TPSA) is 12.5 Å². The van der Waals surface area contributed by atoms with E-state index in [0.29, 0.717) is 6.04 Å². The normalized spacial score (nSPS) is 12.8. The van der Waals surface area contributed by atoms with Gasteiger partial charge >= 0.3 is 0 Å². The first-order valence-corrected chi connectivity index (χ1v) is 6.60. The van der Waals surface area contributed by atoms with Gasteiger partial charge in [-0.1, -0.05) is 18.2 Å². The molecule has 0 heterocycles. The first kappa shape index (κ1) is 14.3.